The van der Waals surface area contributed by atoms with Gasteiger partial charge in [-0.15, -0.1) is 0 Å². The summed E-state index contributed by atoms with van der Waals surface area (Å²) in [5.41, 5.74) is 0.783. The lowest BCUT2D eigenvalue weighted by molar-refractivity contribution is -0.117. The Morgan fingerprint density at radius 1 is 1.43 bits per heavy atom. The normalized spacial score (nSPS) is 10.7. The van der Waals surface area contributed by atoms with Gasteiger partial charge in [-0.3, -0.25) is 9.78 Å². The predicted octanol–water partition coefficient (Wildman–Crippen LogP) is 4.23. The third-order valence-electron chi connectivity index (χ3n) is 2.72. The largest absolute Gasteiger partial charge is 0.304 e. The number of carbonyl (C=O) groups is 1. The summed E-state index contributed by atoms with van der Waals surface area (Å²) >= 11 is 15.1. The van der Waals surface area contributed by atoms with Crippen LogP contribution in [0, 0.1) is 0 Å². The number of carbonyl (C=O) groups excluding carboxylic acids is 1. The fourth-order valence-electron chi connectivity index (χ4n) is 1.62. The van der Waals surface area contributed by atoms with Gasteiger partial charge in [0.15, 0.2) is 5.15 Å². The van der Waals surface area contributed by atoms with E-state index < -0.39 is 0 Å². The summed E-state index contributed by atoms with van der Waals surface area (Å²) in [4.78, 5) is 21.9. The number of halogens is 2. The standard InChI is InChI=1S/C13H13Cl2N3OS2/c1-18(10(19)3-4-20-2)13-11(15)17-12(21-13)8-5-9(14)7-16-6-8/h5-7H,3-4H2,1-2H3. The molecule has 0 aliphatic heterocycles. The second-order valence-electron chi connectivity index (χ2n) is 4.20. The van der Waals surface area contributed by atoms with E-state index in [0.717, 1.165) is 11.3 Å². The molecule has 112 valence electrons. The van der Waals surface area contributed by atoms with Crippen LogP contribution in [0.3, 0.4) is 0 Å². The number of anilines is 1. The molecule has 2 heterocycles. The first kappa shape index (κ1) is 16.5. The highest BCUT2D eigenvalue weighted by Crippen LogP contribution is 2.37. The molecule has 2 aromatic rings. The van der Waals surface area contributed by atoms with Crippen molar-refractivity contribution in [2.24, 2.45) is 0 Å². The summed E-state index contributed by atoms with van der Waals surface area (Å²) in [7, 11) is 1.71. The first-order valence-corrected chi connectivity index (χ1v) is 9.02. The highest BCUT2D eigenvalue weighted by molar-refractivity contribution is 7.98. The quantitative estimate of drug-likeness (QED) is 0.799. The lowest BCUT2D eigenvalue weighted by atomic mass is 10.3. The van der Waals surface area contributed by atoms with Crippen molar-refractivity contribution in [2.75, 3.05) is 24.0 Å². The molecule has 8 heteroatoms. The number of rotatable bonds is 5. The molecule has 0 radical (unpaired) electrons. The number of hydrogen-bond donors (Lipinski definition) is 0. The van der Waals surface area contributed by atoms with Crippen LogP contribution < -0.4 is 4.90 Å². The first-order valence-electron chi connectivity index (χ1n) is 6.05. The van der Waals surface area contributed by atoms with Gasteiger partial charge in [-0.05, 0) is 12.3 Å². The highest BCUT2D eigenvalue weighted by atomic mass is 35.5. The van der Waals surface area contributed by atoms with Gasteiger partial charge < -0.3 is 4.90 Å². The van der Waals surface area contributed by atoms with E-state index in [1.54, 1.807) is 42.2 Å². The van der Waals surface area contributed by atoms with Gasteiger partial charge in [-0.2, -0.15) is 11.8 Å². The van der Waals surface area contributed by atoms with Crippen molar-refractivity contribution in [1.82, 2.24) is 9.97 Å². The topological polar surface area (TPSA) is 46.1 Å². The Morgan fingerprint density at radius 3 is 2.86 bits per heavy atom. The van der Waals surface area contributed by atoms with Gasteiger partial charge >= 0.3 is 0 Å². The van der Waals surface area contributed by atoms with Crippen LogP contribution in [-0.2, 0) is 4.79 Å². The van der Waals surface area contributed by atoms with Crippen molar-refractivity contribution in [2.45, 2.75) is 6.42 Å². The van der Waals surface area contributed by atoms with Crippen LogP contribution in [0.2, 0.25) is 10.2 Å². The van der Waals surface area contributed by atoms with E-state index in [1.807, 2.05) is 6.26 Å². The minimum absolute atomic E-state index is 0.0191. The van der Waals surface area contributed by atoms with Crippen molar-refractivity contribution in [3.05, 3.63) is 28.6 Å². The maximum atomic E-state index is 12.1. The molecular formula is C13H13Cl2N3OS2. The average Bonchev–Trinajstić information content (AvgIpc) is 2.86. The molecule has 0 aliphatic carbocycles. The van der Waals surface area contributed by atoms with Crippen molar-refractivity contribution in [1.29, 1.82) is 0 Å². The van der Waals surface area contributed by atoms with Crippen molar-refractivity contribution >= 4 is 57.2 Å². The Bertz CT molecular complexity index is 648. The van der Waals surface area contributed by atoms with Crippen molar-refractivity contribution in [3.8, 4) is 10.6 Å². The van der Waals surface area contributed by atoms with Crippen LogP contribution in [0.15, 0.2) is 18.5 Å². The molecule has 0 atom stereocenters. The Labute approximate surface area is 141 Å². The molecule has 0 aromatic carbocycles. The molecule has 4 nitrogen and oxygen atoms in total. The van der Waals surface area contributed by atoms with E-state index in [2.05, 4.69) is 9.97 Å². The summed E-state index contributed by atoms with van der Waals surface area (Å²) in [5.74, 6) is 0.802. The van der Waals surface area contributed by atoms with Crippen LogP contribution in [0.25, 0.3) is 10.6 Å². The van der Waals surface area contributed by atoms with Crippen LogP contribution in [0.1, 0.15) is 6.42 Å². The maximum Gasteiger partial charge on any atom is 0.228 e. The van der Waals surface area contributed by atoms with E-state index in [-0.39, 0.29) is 5.91 Å². The number of thiazole rings is 1. The molecule has 0 saturated carbocycles. The van der Waals surface area contributed by atoms with Crippen LogP contribution in [0.5, 0.6) is 0 Å². The zero-order chi connectivity index (χ0) is 15.4. The smallest absolute Gasteiger partial charge is 0.228 e. The van der Waals surface area contributed by atoms with Gasteiger partial charge in [0.25, 0.3) is 0 Å². The molecule has 0 saturated heterocycles. The molecule has 2 aromatic heterocycles. The second-order valence-corrected chi connectivity index (χ2v) is 6.96. The molecule has 0 fully saturated rings. The van der Waals surface area contributed by atoms with E-state index >= 15 is 0 Å². The summed E-state index contributed by atoms with van der Waals surface area (Å²) in [5, 5.41) is 2.17. The fourth-order valence-corrected chi connectivity index (χ4v) is 3.47. The van der Waals surface area contributed by atoms with Crippen LogP contribution in [-0.4, -0.2) is 34.9 Å². The summed E-state index contributed by atoms with van der Waals surface area (Å²) in [6, 6.07) is 1.77. The van der Waals surface area contributed by atoms with Gasteiger partial charge in [0.05, 0.1) is 5.02 Å². The Kier molecular flexibility index (Phi) is 5.87. The SMILES string of the molecule is CSCCC(=O)N(C)c1sc(-c2cncc(Cl)c2)nc1Cl. The Morgan fingerprint density at radius 2 is 2.19 bits per heavy atom. The molecule has 1 amide bonds. The zero-order valence-electron chi connectivity index (χ0n) is 11.5. The van der Waals surface area contributed by atoms with E-state index in [4.69, 9.17) is 23.2 Å². The average molecular weight is 362 g/mol. The monoisotopic (exact) mass is 361 g/mol. The maximum absolute atomic E-state index is 12.1. The summed E-state index contributed by atoms with van der Waals surface area (Å²) < 4.78 is 0. The predicted molar refractivity (Wildman–Crippen MR) is 91.8 cm³/mol. The lowest BCUT2D eigenvalue weighted by Crippen LogP contribution is -2.25. The minimum Gasteiger partial charge on any atom is -0.304 e. The second kappa shape index (κ2) is 7.45. The summed E-state index contributed by atoms with van der Waals surface area (Å²) in [6.45, 7) is 0. The molecule has 0 unspecified atom stereocenters. The number of aromatic nitrogens is 2. The van der Waals surface area contributed by atoms with E-state index in [0.29, 0.717) is 26.6 Å². The van der Waals surface area contributed by atoms with Crippen LogP contribution >= 0.6 is 46.3 Å². The molecular weight excluding hydrogens is 349 g/mol. The van der Waals surface area contributed by atoms with Crippen molar-refractivity contribution in [3.63, 3.8) is 0 Å². The first-order chi connectivity index (χ1) is 10.0. The molecule has 0 spiro atoms. The number of pyridine rings is 1. The minimum atomic E-state index is 0.0191. The molecule has 0 aliphatic rings. The van der Waals surface area contributed by atoms with Crippen molar-refractivity contribution < 1.29 is 4.79 Å². The van der Waals surface area contributed by atoms with E-state index in [9.17, 15) is 4.79 Å². The van der Waals surface area contributed by atoms with Crippen LogP contribution in [0.4, 0.5) is 5.00 Å². The molecule has 0 bridgehead atoms. The van der Waals surface area contributed by atoms with E-state index in [1.165, 1.54) is 11.3 Å². The third kappa shape index (κ3) is 4.10. The fraction of sp³-hybridized carbons (Fsp3) is 0.308. The lowest BCUT2D eigenvalue weighted by Gasteiger charge is -2.14. The highest BCUT2D eigenvalue weighted by Gasteiger charge is 2.19. The van der Waals surface area contributed by atoms with Gasteiger partial charge in [-0.25, -0.2) is 4.98 Å². The number of hydrogen-bond acceptors (Lipinski definition) is 5. The zero-order valence-corrected chi connectivity index (χ0v) is 14.6. The Balaban J connectivity index is 2.25. The number of amides is 1. The summed E-state index contributed by atoms with van der Waals surface area (Å²) in [6.07, 6.45) is 5.66. The Hall–Kier alpha value is -0.820. The number of nitrogens with zero attached hydrogens (tertiary/aromatic N) is 3. The molecule has 21 heavy (non-hydrogen) atoms. The third-order valence-corrected chi connectivity index (χ3v) is 5.10. The van der Waals surface area contributed by atoms with Gasteiger partial charge in [0, 0.05) is 37.2 Å². The van der Waals surface area contributed by atoms with Gasteiger partial charge in [-0.1, -0.05) is 34.5 Å². The number of thioether (sulfide) groups is 1. The van der Waals surface area contributed by atoms with Gasteiger partial charge in [0.2, 0.25) is 5.91 Å². The molecule has 0 N–H and O–H groups in total. The molecule has 2 rings (SSSR count). The van der Waals surface area contributed by atoms with Gasteiger partial charge in [0.1, 0.15) is 10.0 Å².